The molecule has 0 amide bonds. The summed E-state index contributed by atoms with van der Waals surface area (Å²) >= 11 is 5.65. The van der Waals surface area contributed by atoms with E-state index in [0.29, 0.717) is 6.04 Å². The minimum absolute atomic E-state index is 0.266. The van der Waals surface area contributed by atoms with E-state index in [0.717, 1.165) is 5.75 Å². The molecule has 2 rings (SSSR count). The molecule has 1 nitrogen and oxygen atoms in total. The van der Waals surface area contributed by atoms with Crippen LogP contribution in [0, 0.1) is 0 Å². The van der Waals surface area contributed by atoms with E-state index in [1.54, 1.807) is 0 Å². The molecule has 1 aromatic rings. The highest BCUT2D eigenvalue weighted by Gasteiger charge is 2.35. The van der Waals surface area contributed by atoms with Crippen LogP contribution in [0.4, 0.5) is 0 Å². The molecule has 0 aliphatic carbocycles. The molecule has 3 heteroatoms. The van der Waals surface area contributed by atoms with Crippen LogP contribution in [0.25, 0.3) is 0 Å². The Morgan fingerprint density at radius 3 is 2.87 bits per heavy atom. The molecule has 0 aromatic heterocycles. The van der Waals surface area contributed by atoms with Gasteiger partial charge in [0, 0.05) is 21.0 Å². The molecule has 0 fully saturated rings. The summed E-state index contributed by atoms with van der Waals surface area (Å²) in [5.41, 5.74) is 2.89. The van der Waals surface area contributed by atoms with Crippen LogP contribution in [0.3, 0.4) is 0 Å². The van der Waals surface area contributed by atoms with Gasteiger partial charge in [-0.1, -0.05) is 28.1 Å². The van der Waals surface area contributed by atoms with Gasteiger partial charge < -0.3 is 5.32 Å². The van der Waals surface area contributed by atoms with Crippen LogP contribution < -0.4 is 5.32 Å². The van der Waals surface area contributed by atoms with Gasteiger partial charge in [-0.2, -0.15) is 0 Å². The summed E-state index contributed by atoms with van der Waals surface area (Å²) in [6, 6.07) is 6.93. The Bertz CT molecular complexity index is 376. The minimum atomic E-state index is 0.266. The molecule has 0 radical (unpaired) electrons. The normalized spacial score (nSPS) is 23.6. The van der Waals surface area contributed by atoms with Crippen molar-refractivity contribution in [1.29, 1.82) is 0 Å². The highest BCUT2D eigenvalue weighted by molar-refractivity contribution is 9.10. The number of rotatable bonds is 1. The molecule has 1 aliphatic heterocycles. The van der Waals surface area contributed by atoms with Crippen molar-refractivity contribution in [3.63, 3.8) is 0 Å². The molecular weight excluding hydrogens is 270 g/mol. The highest BCUT2D eigenvalue weighted by atomic mass is 79.9. The van der Waals surface area contributed by atoms with Gasteiger partial charge in [0.05, 0.1) is 0 Å². The smallest absolute Gasteiger partial charge is 0.0464 e. The lowest BCUT2D eigenvalue weighted by Gasteiger charge is -2.39. The van der Waals surface area contributed by atoms with Gasteiger partial charge in [-0.3, -0.25) is 0 Å². The summed E-state index contributed by atoms with van der Waals surface area (Å²) in [6.45, 7) is 4.62. The van der Waals surface area contributed by atoms with Crippen molar-refractivity contribution in [3.8, 4) is 0 Å². The SMILES string of the molecule is CNC1c2cccc(Br)c2CSC1(C)C. The molecule has 0 bridgehead atoms. The molecule has 0 saturated carbocycles. The molecule has 1 aromatic carbocycles. The molecule has 15 heavy (non-hydrogen) atoms. The Labute approximate surface area is 104 Å². The lowest BCUT2D eigenvalue weighted by molar-refractivity contribution is 0.474. The van der Waals surface area contributed by atoms with Crippen molar-refractivity contribution < 1.29 is 0 Å². The molecule has 1 aliphatic rings. The maximum absolute atomic E-state index is 3.64. The van der Waals surface area contributed by atoms with Crippen molar-refractivity contribution >= 4 is 27.7 Å². The third-order valence-corrected chi connectivity index (χ3v) is 5.19. The third kappa shape index (κ3) is 1.97. The van der Waals surface area contributed by atoms with Gasteiger partial charge in [-0.25, -0.2) is 0 Å². The molecule has 1 atom stereocenters. The Morgan fingerprint density at radius 2 is 2.20 bits per heavy atom. The first-order chi connectivity index (χ1) is 7.06. The maximum Gasteiger partial charge on any atom is 0.0464 e. The van der Waals surface area contributed by atoms with Crippen molar-refractivity contribution in [2.45, 2.75) is 30.4 Å². The van der Waals surface area contributed by atoms with Crippen LogP contribution in [-0.4, -0.2) is 11.8 Å². The fourth-order valence-electron chi connectivity index (χ4n) is 2.22. The zero-order valence-electron chi connectivity index (χ0n) is 9.30. The van der Waals surface area contributed by atoms with E-state index in [9.17, 15) is 0 Å². The van der Waals surface area contributed by atoms with E-state index in [2.05, 4.69) is 53.3 Å². The first-order valence-electron chi connectivity index (χ1n) is 5.15. The standard InChI is InChI=1S/C12H16BrNS/c1-12(2)11(14-3)8-5-4-6-10(13)9(8)7-15-12/h4-6,11,14H,7H2,1-3H3. The lowest BCUT2D eigenvalue weighted by Crippen LogP contribution is -2.38. The first-order valence-corrected chi connectivity index (χ1v) is 6.92. The zero-order chi connectivity index (χ0) is 11.1. The van der Waals surface area contributed by atoms with Gasteiger partial charge >= 0.3 is 0 Å². The van der Waals surface area contributed by atoms with Crippen LogP contribution >= 0.6 is 27.7 Å². The van der Waals surface area contributed by atoms with Crippen molar-refractivity contribution in [2.24, 2.45) is 0 Å². The largest absolute Gasteiger partial charge is 0.312 e. The van der Waals surface area contributed by atoms with E-state index in [1.165, 1.54) is 15.6 Å². The Hall–Kier alpha value is 0.01000. The van der Waals surface area contributed by atoms with Crippen LogP contribution in [-0.2, 0) is 5.75 Å². The third-order valence-electron chi connectivity index (χ3n) is 3.04. The number of fused-ring (bicyclic) bond motifs is 1. The van der Waals surface area contributed by atoms with Crippen LogP contribution in [0.15, 0.2) is 22.7 Å². The molecule has 1 N–H and O–H groups in total. The number of thioether (sulfide) groups is 1. The summed E-state index contributed by atoms with van der Waals surface area (Å²) in [5.74, 6) is 1.10. The summed E-state index contributed by atoms with van der Waals surface area (Å²) in [4.78, 5) is 0. The van der Waals surface area contributed by atoms with Gasteiger partial charge in [0.1, 0.15) is 0 Å². The predicted molar refractivity (Wildman–Crippen MR) is 71.3 cm³/mol. The predicted octanol–water partition coefficient (Wildman–Crippen LogP) is 3.74. The van der Waals surface area contributed by atoms with Gasteiger partial charge in [0.2, 0.25) is 0 Å². The highest BCUT2D eigenvalue weighted by Crippen LogP contribution is 2.46. The van der Waals surface area contributed by atoms with Gasteiger partial charge in [0.25, 0.3) is 0 Å². The second kappa shape index (κ2) is 4.11. The summed E-state index contributed by atoms with van der Waals surface area (Å²) in [6.07, 6.45) is 0. The van der Waals surface area contributed by atoms with E-state index < -0.39 is 0 Å². The number of halogens is 1. The van der Waals surface area contributed by atoms with E-state index in [4.69, 9.17) is 0 Å². The molecule has 1 unspecified atom stereocenters. The number of hydrogen-bond acceptors (Lipinski definition) is 2. The van der Waals surface area contributed by atoms with Crippen molar-refractivity contribution in [3.05, 3.63) is 33.8 Å². The van der Waals surface area contributed by atoms with E-state index in [-0.39, 0.29) is 4.75 Å². The summed E-state index contributed by atoms with van der Waals surface area (Å²) < 4.78 is 1.51. The lowest BCUT2D eigenvalue weighted by atomic mass is 9.91. The fraction of sp³-hybridized carbons (Fsp3) is 0.500. The van der Waals surface area contributed by atoms with E-state index >= 15 is 0 Å². The van der Waals surface area contributed by atoms with Crippen LogP contribution in [0.2, 0.25) is 0 Å². The second-order valence-electron chi connectivity index (χ2n) is 4.42. The van der Waals surface area contributed by atoms with Gasteiger partial charge in [-0.05, 0) is 38.1 Å². The topological polar surface area (TPSA) is 12.0 Å². The molecule has 1 heterocycles. The number of benzene rings is 1. The van der Waals surface area contributed by atoms with E-state index in [1.807, 2.05) is 18.8 Å². The number of nitrogens with one attached hydrogen (secondary N) is 1. The summed E-state index contributed by atoms with van der Waals surface area (Å²) in [7, 11) is 2.04. The quantitative estimate of drug-likeness (QED) is 0.844. The summed E-state index contributed by atoms with van der Waals surface area (Å²) in [5, 5.41) is 3.44. The Balaban J connectivity index is 2.51. The number of hydrogen-bond donors (Lipinski definition) is 1. The Morgan fingerprint density at radius 1 is 1.47 bits per heavy atom. The average molecular weight is 286 g/mol. The monoisotopic (exact) mass is 285 g/mol. The van der Waals surface area contributed by atoms with Crippen LogP contribution in [0.5, 0.6) is 0 Å². The van der Waals surface area contributed by atoms with Crippen LogP contribution in [0.1, 0.15) is 31.0 Å². The van der Waals surface area contributed by atoms with Gasteiger partial charge in [0.15, 0.2) is 0 Å². The molecule has 0 saturated heterocycles. The van der Waals surface area contributed by atoms with Crippen molar-refractivity contribution in [2.75, 3.05) is 7.05 Å². The average Bonchev–Trinajstić information content (AvgIpc) is 2.16. The molecule has 0 spiro atoms. The first kappa shape index (κ1) is 11.5. The Kier molecular flexibility index (Phi) is 3.15. The minimum Gasteiger partial charge on any atom is -0.312 e. The van der Waals surface area contributed by atoms with Gasteiger partial charge in [-0.15, -0.1) is 11.8 Å². The molecule has 82 valence electrons. The zero-order valence-corrected chi connectivity index (χ0v) is 11.7. The molecular formula is C12H16BrNS. The fourth-order valence-corrected chi connectivity index (χ4v) is 4.17. The van der Waals surface area contributed by atoms with Crippen molar-refractivity contribution in [1.82, 2.24) is 5.32 Å². The maximum atomic E-state index is 3.64. The second-order valence-corrected chi connectivity index (χ2v) is 6.91.